The Kier molecular flexibility index (Phi) is 6.12. The van der Waals surface area contributed by atoms with E-state index in [9.17, 15) is 14.4 Å². The maximum atomic E-state index is 13.0. The van der Waals surface area contributed by atoms with Gasteiger partial charge in [-0.1, -0.05) is 18.2 Å². The van der Waals surface area contributed by atoms with Gasteiger partial charge >= 0.3 is 0 Å². The summed E-state index contributed by atoms with van der Waals surface area (Å²) in [6.07, 6.45) is 1.38. The van der Waals surface area contributed by atoms with Gasteiger partial charge in [-0.05, 0) is 44.9 Å². The van der Waals surface area contributed by atoms with Crippen molar-refractivity contribution < 1.29 is 9.59 Å². The van der Waals surface area contributed by atoms with Gasteiger partial charge in [0.25, 0.3) is 11.5 Å². The van der Waals surface area contributed by atoms with E-state index in [1.807, 2.05) is 45.0 Å². The third-order valence-electron chi connectivity index (χ3n) is 4.94. The van der Waals surface area contributed by atoms with E-state index in [0.29, 0.717) is 33.7 Å². The molecule has 0 bridgehead atoms. The minimum absolute atomic E-state index is 0.0660. The lowest BCUT2D eigenvalue weighted by molar-refractivity contribution is -0.131. The molecule has 2 aromatic heterocycles. The fourth-order valence-corrected chi connectivity index (χ4v) is 4.24. The lowest BCUT2D eigenvalue weighted by Crippen LogP contribution is -2.36. The van der Waals surface area contributed by atoms with Crippen LogP contribution < -0.4 is 10.9 Å². The van der Waals surface area contributed by atoms with Gasteiger partial charge in [-0.15, -0.1) is 11.3 Å². The Hall–Kier alpha value is -3.00. The Balaban J connectivity index is 1.94. The van der Waals surface area contributed by atoms with Crippen LogP contribution in [-0.4, -0.2) is 39.4 Å². The Labute approximate surface area is 173 Å². The first kappa shape index (κ1) is 20.7. The molecule has 2 heterocycles. The summed E-state index contributed by atoms with van der Waals surface area (Å²) in [6.45, 7) is 8.55. The van der Waals surface area contributed by atoms with Crippen molar-refractivity contribution in [1.82, 2.24) is 14.5 Å². The maximum Gasteiger partial charge on any atom is 0.266 e. The Bertz CT molecular complexity index is 1130. The first-order chi connectivity index (χ1) is 13.9. The molecule has 2 amide bonds. The lowest BCUT2D eigenvalue weighted by Gasteiger charge is -2.18. The highest BCUT2D eigenvalue weighted by Gasteiger charge is 2.21. The highest BCUT2D eigenvalue weighted by Crippen LogP contribution is 2.28. The second kappa shape index (κ2) is 8.57. The molecule has 0 aliphatic carbocycles. The molecule has 152 valence electrons. The standard InChI is InChI=1S/C21H24N4O3S/c1-5-24(6-2)16(26)11-25-12-22-20-17(21(25)28)14(4)18(29-20)19(27)23-15-10-8-7-9-13(15)3/h7-10,12H,5-6,11H2,1-4H3,(H,23,27). The zero-order valence-corrected chi connectivity index (χ0v) is 17.8. The second-order valence-electron chi connectivity index (χ2n) is 6.75. The number of carbonyl (C=O) groups excluding carboxylic acids is 2. The highest BCUT2D eigenvalue weighted by molar-refractivity contribution is 7.20. The van der Waals surface area contributed by atoms with Crippen LogP contribution in [0.25, 0.3) is 10.2 Å². The van der Waals surface area contributed by atoms with Crippen LogP contribution in [0, 0.1) is 13.8 Å². The van der Waals surface area contributed by atoms with Crippen molar-refractivity contribution in [2.45, 2.75) is 34.2 Å². The van der Waals surface area contributed by atoms with E-state index in [2.05, 4.69) is 10.3 Å². The quantitative estimate of drug-likeness (QED) is 0.674. The molecule has 0 saturated carbocycles. The number of para-hydroxylation sites is 1. The van der Waals surface area contributed by atoms with E-state index in [0.717, 1.165) is 11.3 Å². The van der Waals surface area contributed by atoms with Gasteiger partial charge in [0.2, 0.25) is 5.91 Å². The summed E-state index contributed by atoms with van der Waals surface area (Å²) in [6, 6.07) is 7.51. The molecular weight excluding hydrogens is 388 g/mol. The van der Waals surface area contributed by atoms with Crippen LogP contribution >= 0.6 is 11.3 Å². The molecule has 7 nitrogen and oxygen atoms in total. The normalized spacial score (nSPS) is 10.9. The molecule has 0 unspecified atom stereocenters. The summed E-state index contributed by atoms with van der Waals surface area (Å²) < 4.78 is 1.31. The number of fused-ring (bicyclic) bond motifs is 1. The van der Waals surface area contributed by atoms with Crippen LogP contribution in [-0.2, 0) is 11.3 Å². The number of likely N-dealkylation sites (N-methyl/N-ethyl adjacent to an activating group) is 1. The van der Waals surface area contributed by atoms with Gasteiger partial charge in [-0.2, -0.15) is 0 Å². The van der Waals surface area contributed by atoms with Crippen LogP contribution in [0.15, 0.2) is 35.4 Å². The van der Waals surface area contributed by atoms with Crippen LogP contribution in [0.3, 0.4) is 0 Å². The molecule has 0 saturated heterocycles. The van der Waals surface area contributed by atoms with Crippen molar-refractivity contribution in [1.29, 1.82) is 0 Å². The number of rotatable bonds is 6. The molecule has 1 aromatic carbocycles. The van der Waals surface area contributed by atoms with Crippen LogP contribution in [0.4, 0.5) is 5.69 Å². The minimum Gasteiger partial charge on any atom is -0.342 e. The smallest absolute Gasteiger partial charge is 0.266 e. The Morgan fingerprint density at radius 3 is 2.52 bits per heavy atom. The van der Waals surface area contributed by atoms with E-state index < -0.39 is 0 Å². The SMILES string of the molecule is CCN(CC)C(=O)Cn1cnc2sc(C(=O)Nc3ccccc3C)c(C)c2c1=O. The van der Waals surface area contributed by atoms with Crippen molar-refractivity contribution >= 4 is 39.1 Å². The Morgan fingerprint density at radius 2 is 1.86 bits per heavy atom. The van der Waals surface area contributed by atoms with Crippen LogP contribution in [0.5, 0.6) is 0 Å². The monoisotopic (exact) mass is 412 g/mol. The number of hydrogen-bond acceptors (Lipinski definition) is 5. The average Bonchev–Trinajstić information content (AvgIpc) is 3.04. The van der Waals surface area contributed by atoms with Gasteiger partial charge in [0.05, 0.1) is 16.6 Å². The Morgan fingerprint density at radius 1 is 1.17 bits per heavy atom. The van der Waals surface area contributed by atoms with Crippen molar-refractivity contribution in [2.75, 3.05) is 18.4 Å². The highest BCUT2D eigenvalue weighted by atomic mass is 32.1. The van der Waals surface area contributed by atoms with Crippen molar-refractivity contribution in [2.24, 2.45) is 0 Å². The summed E-state index contributed by atoms with van der Waals surface area (Å²) in [5.74, 6) is -0.409. The number of hydrogen-bond donors (Lipinski definition) is 1. The lowest BCUT2D eigenvalue weighted by atomic mass is 10.2. The maximum absolute atomic E-state index is 13.0. The molecule has 0 radical (unpaired) electrons. The molecule has 0 spiro atoms. The van der Waals surface area contributed by atoms with Crippen LogP contribution in [0.1, 0.15) is 34.6 Å². The molecule has 3 aromatic rings. The number of carbonyl (C=O) groups is 2. The number of nitrogens with zero attached hydrogens (tertiary/aromatic N) is 3. The molecule has 29 heavy (non-hydrogen) atoms. The number of benzene rings is 1. The van der Waals surface area contributed by atoms with E-state index in [-0.39, 0.29) is 23.9 Å². The number of nitrogens with one attached hydrogen (secondary N) is 1. The van der Waals surface area contributed by atoms with Gasteiger partial charge in [0.15, 0.2) is 0 Å². The summed E-state index contributed by atoms with van der Waals surface area (Å²) in [5, 5.41) is 3.29. The molecule has 1 N–H and O–H groups in total. The van der Waals surface area contributed by atoms with Gasteiger partial charge < -0.3 is 10.2 Å². The van der Waals surface area contributed by atoms with E-state index in [4.69, 9.17) is 0 Å². The molecule has 0 aliphatic heterocycles. The van der Waals surface area contributed by atoms with E-state index in [1.165, 1.54) is 22.2 Å². The van der Waals surface area contributed by atoms with Crippen LogP contribution in [0.2, 0.25) is 0 Å². The third-order valence-corrected chi connectivity index (χ3v) is 6.14. The molecule has 0 aliphatic rings. The first-order valence-corrected chi connectivity index (χ1v) is 10.3. The predicted molar refractivity (Wildman–Crippen MR) is 116 cm³/mol. The number of thiophene rings is 1. The topological polar surface area (TPSA) is 84.3 Å². The fraction of sp³-hybridized carbons (Fsp3) is 0.333. The average molecular weight is 413 g/mol. The number of aryl methyl sites for hydroxylation is 2. The van der Waals surface area contributed by atoms with Gasteiger partial charge in [0.1, 0.15) is 11.4 Å². The van der Waals surface area contributed by atoms with E-state index in [1.54, 1.807) is 11.8 Å². The predicted octanol–water partition coefficient (Wildman–Crippen LogP) is 3.20. The molecular formula is C21H24N4O3S. The summed E-state index contributed by atoms with van der Waals surface area (Å²) in [7, 11) is 0. The largest absolute Gasteiger partial charge is 0.342 e. The number of anilines is 1. The zero-order valence-electron chi connectivity index (χ0n) is 17.0. The first-order valence-electron chi connectivity index (χ1n) is 9.50. The van der Waals surface area contributed by atoms with Crippen molar-refractivity contribution in [3.8, 4) is 0 Å². The third kappa shape index (κ3) is 4.07. The second-order valence-corrected chi connectivity index (χ2v) is 7.75. The molecule has 0 fully saturated rings. The number of amides is 2. The van der Waals surface area contributed by atoms with Gasteiger partial charge in [0, 0.05) is 18.8 Å². The number of aromatic nitrogens is 2. The molecule has 3 rings (SSSR count). The van der Waals surface area contributed by atoms with Crippen molar-refractivity contribution in [3.05, 3.63) is 57.0 Å². The summed E-state index contributed by atoms with van der Waals surface area (Å²) >= 11 is 1.18. The summed E-state index contributed by atoms with van der Waals surface area (Å²) in [4.78, 5) is 45.1. The van der Waals surface area contributed by atoms with E-state index >= 15 is 0 Å². The fourth-order valence-electron chi connectivity index (χ4n) is 3.20. The van der Waals surface area contributed by atoms with Crippen molar-refractivity contribution in [3.63, 3.8) is 0 Å². The van der Waals surface area contributed by atoms with Gasteiger partial charge in [-0.3, -0.25) is 19.0 Å². The zero-order chi connectivity index (χ0) is 21.1. The molecule has 8 heteroatoms. The summed E-state index contributed by atoms with van der Waals surface area (Å²) in [5.41, 5.74) is 1.96. The minimum atomic E-state index is -0.306. The van der Waals surface area contributed by atoms with Gasteiger partial charge in [-0.25, -0.2) is 4.98 Å². The molecule has 0 atom stereocenters.